The van der Waals surface area contributed by atoms with E-state index in [9.17, 15) is 9.59 Å². The number of alkyl carbamates (subject to hydrolysis) is 1. The second kappa shape index (κ2) is 7.42. The van der Waals surface area contributed by atoms with Crippen molar-refractivity contribution in [2.45, 2.75) is 45.3 Å². The quantitative estimate of drug-likeness (QED) is 0.725. The highest BCUT2D eigenvalue weighted by molar-refractivity contribution is 5.90. The fourth-order valence-electron chi connectivity index (χ4n) is 2.57. The van der Waals surface area contributed by atoms with E-state index in [0.717, 1.165) is 12.8 Å². The number of nitrogens with two attached hydrogens (primary N) is 1. The zero-order valence-corrected chi connectivity index (χ0v) is 14.5. The molecule has 7 heteroatoms. The van der Waals surface area contributed by atoms with Crippen LogP contribution in [0, 0.1) is 0 Å². The molecule has 0 saturated carbocycles. The van der Waals surface area contributed by atoms with Crippen LogP contribution in [-0.2, 0) is 4.74 Å². The molecule has 1 aliphatic heterocycles. The van der Waals surface area contributed by atoms with Crippen molar-refractivity contribution in [3.8, 4) is 0 Å². The molecule has 0 bridgehead atoms. The molecule has 4 N–H and O–H groups in total. The van der Waals surface area contributed by atoms with Crippen LogP contribution < -0.4 is 16.4 Å². The highest BCUT2D eigenvalue weighted by Gasteiger charge is 2.26. The van der Waals surface area contributed by atoms with Crippen molar-refractivity contribution >= 4 is 23.5 Å². The Balaban J connectivity index is 1.88. The summed E-state index contributed by atoms with van der Waals surface area (Å²) in [5.74, 6) is 0. The summed E-state index contributed by atoms with van der Waals surface area (Å²) in [7, 11) is 0. The Labute approximate surface area is 142 Å². The van der Waals surface area contributed by atoms with Crippen molar-refractivity contribution in [2.75, 3.05) is 24.1 Å². The molecule has 1 aromatic carbocycles. The second-order valence-corrected chi connectivity index (χ2v) is 6.99. The smallest absolute Gasteiger partial charge is 0.407 e. The number of amides is 3. The Morgan fingerprint density at radius 1 is 1.33 bits per heavy atom. The summed E-state index contributed by atoms with van der Waals surface area (Å²) in [4.78, 5) is 25.9. The van der Waals surface area contributed by atoms with E-state index in [1.807, 2.05) is 20.8 Å². The summed E-state index contributed by atoms with van der Waals surface area (Å²) < 4.78 is 5.26. The maximum atomic E-state index is 12.4. The molecule has 1 atom stereocenters. The van der Waals surface area contributed by atoms with Gasteiger partial charge >= 0.3 is 12.1 Å². The van der Waals surface area contributed by atoms with Gasteiger partial charge in [0.25, 0.3) is 0 Å². The third-order valence-electron chi connectivity index (χ3n) is 3.57. The normalized spacial score (nSPS) is 18.0. The minimum absolute atomic E-state index is 0.111. The van der Waals surface area contributed by atoms with E-state index < -0.39 is 11.7 Å². The monoisotopic (exact) mass is 334 g/mol. The van der Waals surface area contributed by atoms with E-state index in [0.29, 0.717) is 24.5 Å². The van der Waals surface area contributed by atoms with Crippen LogP contribution in [0.1, 0.15) is 33.6 Å². The van der Waals surface area contributed by atoms with Gasteiger partial charge in [-0.2, -0.15) is 0 Å². The number of piperidine rings is 1. The van der Waals surface area contributed by atoms with Gasteiger partial charge < -0.3 is 26.0 Å². The molecule has 2 rings (SSSR count). The number of hydrogen-bond acceptors (Lipinski definition) is 4. The lowest BCUT2D eigenvalue weighted by Gasteiger charge is -2.33. The molecular formula is C17H26N4O3. The number of rotatable bonds is 2. The van der Waals surface area contributed by atoms with Gasteiger partial charge in [0.15, 0.2) is 0 Å². The summed E-state index contributed by atoms with van der Waals surface area (Å²) in [5, 5.41) is 5.66. The van der Waals surface area contributed by atoms with Gasteiger partial charge in [0, 0.05) is 30.5 Å². The van der Waals surface area contributed by atoms with Crippen molar-refractivity contribution in [1.82, 2.24) is 10.2 Å². The van der Waals surface area contributed by atoms with Crippen LogP contribution in [-0.4, -0.2) is 41.8 Å². The summed E-state index contributed by atoms with van der Waals surface area (Å²) in [6, 6.07) is 6.73. The van der Waals surface area contributed by atoms with E-state index in [1.54, 1.807) is 29.2 Å². The summed E-state index contributed by atoms with van der Waals surface area (Å²) in [6.45, 7) is 6.56. The fourth-order valence-corrected chi connectivity index (χ4v) is 2.57. The van der Waals surface area contributed by atoms with Crippen LogP contribution in [0.15, 0.2) is 24.3 Å². The van der Waals surface area contributed by atoms with Gasteiger partial charge in [0.1, 0.15) is 5.60 Å². The van der Waals surface area contributed by atoms with Crippen LogP contribution >= 0.6 is 0 Å². The van der Waals surface area contributed by atoms with Crippen molar-refractivity contribution in [1.29, 1.82) is 0 Å². The van der Waals surface area contributed by atoms with Crippen LogP contribution in [0.25, 0.3) is 0 Å². The molecule has 0 unspecified atom stereocenters. The van der Waals surface area contributed by atoms with E-state index in [2.05, 4.69) is 10.6 Å². The van der Waals surface area contributed by atoms with Crippen molar-refractivity contribution in [2.24, 2.45) is 0 Å². The first-order valence-corrected chi connectivity index (χ1v) is 8.14. The van der Waals surface area contributed by atoms with Gasteiger partial charge in [-0.3, -0.25) is 0 Å². The number of ether oxygens (including phenoxy) is 1. The Morgan fingerprint density at radius 3 is 2.75 bits per heavy atom. The molecule has 0 radical (unpaired) electrons. The van der Waals surface area contributed by atoms with E-state index in [1.165, 1.54) is 0 Å². The van der Waals surface area contributed by atoms with Gasteiger partial charge in [-0.25, -0.2) is 9.59 Å². The molecule has 0 aromatic heterocycles. The average Bonchev–Trinajstić information content (AvgIpc) is 2.45. The molecule has 24 heavy (non-hydrogen) atoms. The SMILES string of the molecule is CC(C)(C)OC(=O)N[C@H]1CCCN(C(=O)Nc2cccc(N)c2)C1. The molecular weight excluding hydrogens is 308 g/mol. The Morgan fingerprint density at radius 2 is 2.08 bits per heavy atom. The van der Waals surface area contributed by atoms with Gasteiger partial charge in [-0.1, -0.05) is 6.07 Å². The number of hydrogen-bond donors (Lipinski definition) is 3. The zero-order valence-electron chi connectivity index (χ0n) is 14.5. The van der Waals surface area contributed by atoms with E-state index >= 15 is 0 Å². The maximum absolute atomic E-state index is 12.4. The molecule has 1 aliphatic rings. The summed E-state index contributed by atoms with van der Waals surface area (Å²) in [5.41, 5.74) is 6.42. The van der Waals surface area contributed by atoms with Crippen molar-refractivity contribution in [3.05, 3.63) is 24.3 Å². The minimum atomic E-state index is -0.539. The van der Waals surface area contributed by atoms with Crippen molar-refractivity contribution < 1.29 is 14.3 Å². The van der Waals surface area contributed by atoms with Crippen LogP contribution in [0.2, 0.25) is 0 Å². The predicted octanol–water partition coefficient (Wildman–Crippen LogP) is 2.79. The Kier molecular flexibility index (Phi) is 5.54. The Bertz CT molecular complexity index is 598. The number of urea groups is 1. The number of nitrogens with zero attached hydrogens (tertiary/aromatic N) is 1. The summed E-state index contributed by atoms with van der Waals surface area (Å²) in [6.07, 6.45) is 1.19. The van der Waals surface area contributed by atoms with Gasteiger partial charge in [0.2, 0.25) is 0 Å². The maximum Gasteiger partial charge on any atom is 0.407 e. The lowest BCUT2D eigenvalue weighted by molar-refractivity contribution is 0.0480. The third-order valence-corrected chi connectivity index (χ3v) is 3.57. The standard InChI is InChI=1S/C17H26N4O3/c1-17(2,3)24-16(23)20-14-8-5-9-21(11-14)15(22)19-13-7-4-6-12(18)10-13/h4,6-7,10,14H,5,8-9,11,18H2,1-3H3,(H,19,22)(H,20,23)/t14-/m0/s1. The molecule has 0 spiro atoms. The topological polar surface area (TPSA) is 96.7 Å². The van der Waals surface area contributed by atoms with Gasteiger partial charge in [-0.15, -0.1) is 0 Å². The summed E-state index contributed by atoms with van der Waals surface area (Å²) >= 11 is 0. The Hall–Kier alpha value is -2.44. The number of carbonyl (C=O) groups is 2. The number of benzene rings is 1. The fraction of sp³-hybridized carbons (Fsp3) is 0.529. The van der Waals surface area contributed by atoms with Gasteiger partial charge in [-0.05, 0) is 51.8 Å². The second-order valence-electron chi connectivity index (χ2n) is 6.99. The van der Waals surface area contributed by atoms with Crippen LogP contribution in [0.4, 0.5) is 21.0 Å². The highest BCUT2D eigenvalue weighted by Crippen LogP contribution is 2.16. The number of carbonyl (C=O) groups excluding carboxylic acids is 2. The van der Waals surface area contributed by atoms with Crippen molar-refractivity contribution in [3.63, 3.8) is 0 Å². The highest BCUT2D eigenvalue weighted by atomic mass is 16.6. The number of nitrogens with one attached hydrogen (secondary N) is 2. The van der Waals surface area contributed by atoms with Crippen LogP contribution in [0.3, 0.4) is 0 Å². The largest absolute Gasteiger partial charge is 0.444 e. The molecule has 1 fully saturated rings. The first-order valence-electron chi connectivity index (χ1n) is 8.14. The third kappa shape index (κ3) is 5.64. The molecule has 7 nitrogen and oxygen atoms in total. The van der Waals surface area contributed by atoms with Gasteiger partial charge in [0.05, 0.1) is 0 Å². The van der Waals surface area contributed by atoms with E-state index in [-0.39, 0.29) is 12.1 Å². The number of likely N-dealkylation sites (tertiary alicyclic amines) is 1. The lowest BCUT2D eigenvalue weighted by Crippen LogP contribution is -2.51. The molecule has 1 saturated heterocycles. The zero-order chi connectivity index (χ0) is 17.7. The minimum Gasteiger partial charge on any atom is -0.444 e. The number of nitrogen functional groups attached to an aromatic ring is 1. The first-order chi connectivity index (χ1) is 11.2. The van der Waals surface area contributed by atoms with Crippen LogP contribution in [0.5, 0.6) is 0 Å². The average molecular weight is 334 g/mol. The number of anilines is 2. The molecule has 1 aromatic rings. The lowest BCUT2D eigenvalue weighted by atomic mass is 10.1. The van der Waals surface area contributed by atoms with E-state index in [4.69, 9.17) is 10.5 Å². The first kappa shape index (κ1) is 17.9. The molecule has 1 heterocycles. The molecule has 0 aliphatic carbocycles. The molecule has 3 amide bonds. The predicted molar refractivity (Wildman–Crippen MR) is 93.8 cm³/mol. The molecule has 132 valence electrons.